The first kappa shape index (κ1) is 12.4. The molecule has 8 heteroatoms. The number of methoxy groups -OCH3 is 1. The molecule has 0 unspecified atom stereocenters. The summed E-state index contributed by atoms with van der Waals surface area (Å²) in [4.78, 5) is 12.0. The molecule has 0 bridgehead atoms. The first-order valence-electron chi connectivity index (χ1n) is 4.88. The van der Waals surface area contributed by atoms with Gasteiger partial charge in [-0.1, -0.05) is 0 Å². The Hall–Kier alpha value is -1.67. The van der Waals surface area contributed by atoms with Crippen molar-refractivity contribution < 1.29 is 9.47 Å². The number of hydrogen-bond acceptors (Lipinski definition) is 8. The third-order valence-electron chi connectivity index (χ3n) is 1.61. The number of hydrogen-bond donors (Lipinski definition) is 3. The van der Waals surface area contributed by atoms with Crippen LogP contribution >= 0.6 is 0 Å². The van der Waals surface area contributed by atoms with E-state index in [0.717, 1.165) is 0 Å². The first-order chi connectivity index (χ1) is 7.80. The summed E-state index contributed by atoms with van der Waals surface area (Å²) in [6.45, 7) is 3.47. The lowest BCUT2D eigenvalue weighted by atomic mass is 10.7. The van der Waals surface area contributed by atoms with Crippen molar-refractivity contribution in [2.24, 2.45) is 5.84 Å². The predicted octanol–water partition coefficient (Wildman–Crippen LogP) is -0.386. The molecule has 0 radical (unpaired) electrons. The summed E-state index contributed by atoms with van der Waals surface area (Å²) in [6.07, 6.45) is 0. The number of hydrazine groups is 1. The maximum atomic E-state index is 5.23. The molecule has 0 spiro atoms. The van der Waals surface area contributed by atoms with E-state index in [4.69, 9.17) is 15.3 Å². The molecule has 8 nitrogen and oxygen atoms in total. The smallest absolute Gasteiger partial charge is 0.323 e. The van der Waals surface area contributed by atoms with E-state index in [1.165, 1.54) is 0 Å². The van der Waals surface area contributed by atoms with Gasteiger partial charge in [0.2, 0.25) is 11.9 Å². The van der Waals surface area contributed by atoms with Crippen molar-refractivity contribution >= 4 is 11.9 Å². The van der Waals surface area contributed by atoms with Crippen molar-refractivity contribution in [3.63, 3.8) is 0 Å². The molecule has 4 N–H and O–H groups in total. The average Bonchev–Trinajstić information content (AvgIpc) is 2.29. The van der Waals surface area contributed by atoms with Crippen LogP contribution in [0.5, 0.6) is 6.01 Å². The zero-order valence-corrected chi connectivity index (χ0v) is 9.36. The molecule has 1 rings (SSSR count). The molecule has 0 aliphatic carbocycles. The van der Waals surface area contributed by atoms with Crippen LogP contribution in [0.4, 0.5) is 11.9 Å². The maximum Gasteiger partial charge on any atom is 0.323 e. The van der Waals surface area contributed by atoms with E-state index in [2.05, 4.69) is 25.7 Å². The van der Waals surface area contributed by atoms with Crippen LogP contribution in [0.1, 0.15) is 6.92 Å². The fourth-order valence-electron chi connectivity index (χ4n) is 0.959. The zero-order valence-electron chi connectivity index (χ0n) is 9.36. The minimum absolute atomic E-state index is 0.227. The highest BCUT2D eigenvalue weighted by Gasteiger charge is 2.05. The molecular weight excluding hydrogens is 212 g/mol. The van der Waals surface area contributed by atoms with Crippen LogP contribution in [-0.2, 0) is 4.74 Å². The van der Waals surface area contributed by atoms with E-state index in [0.29, 0.717) is 25.7 Å². The molecule has 0 amide bonds. The summed E-state index contributed by atoms with van der Waals surface area (Å²) in [5, 5.41) is 2.96. The van der Waals surface area contributed by atoms with E-state index in [9.17, 15) is 0 Å². The number of ether oxygens (including phenoxy) is 2. The normalized spacial score (nSPS) is 9.94. The number of nitrogens with two attached hydrogens (primary N) is 1. The molecule has 16 heavy (non-hydrogen) atoms. The van der Waals surface area contributed by atoms with Crippen molar-refractivity contribution in [3.05, 3.63) is 0 Å². The van der Waals surface area contributed by atoms with Gasteiger partial charge in [-0.3, -0.25) is 5.43 Å². The van der Waals surface area contributed by atoms with Crippen LogP contribution < -0.4 is 21.3 Å². The van der Waals surface area contributed by atoms with Crippen LogP contribution in [-0.4, -0.2) is 41.8 Å². The Morgan fingerprint density at radius 2 is 2.00 bits per heavy atom. The van der Waals surface area contributed by atoms with Gasteiger partial charge in [0.05, 0.1) is 13.2 Å². The minimum atomic E-state index is 0.227. The number of nitrogens with zero attached hydrogens (tertiary/aromatic N) is 3. The highest BCUT2D eigenvalue weighted by atomic mass is 16.5. The van der Waals surface area contributed by atoms with Gasteiger partial charge in [0.25, 0.3) is 0 Å². The number of rotatable bonds is 7. The van der Waals surface area contributed by atoms with E-state index in [1.807, 2.05) is 6.92 Å². The van der Waals surface area contributed by atoms with E-state index in [-0.39, 0.29) is 12.0 Å². The van der Waals surface area contributed by atoms with Crippen molar-refractivity contribution in [2.75, 3.05) is 37.6 Å². The van der Waals surface area contributed by atoms with Crippen molar-refractivity contribution in [3.8, 4) is 6.01 Å². The van der Waals surface area contributed by atoms with Crippen LogP contribution in [0.15, 0.2) is 0 Å². The molecule has 0 aromatic carbocycles. The Balaban J connectivity index is 2.69. The summed E-state index contributed by atoms with van der Waals surface area (Å²) < 4.78 is 10.1. The van der Waals surface area contributed by atoms with Crippen molar-refractivity contribution in [1.29, 1.82) is 0 Å². The molecule has 1 aromatic rings. The monoisotopic (exact) mass is 228 g/mol. The third kappa shape index (κ3) is 3.83. The summed E-state index contributed by atoms with van der Waals surface area (Å²) in [5.41, 5.74) is 2.34. The van der Waals surface area contributed by atoms with Gasteiger partial charge in [-0.25, -0.2) is 5.84 Å². The molecule has 0 fully saturated rings. The minimum Gasteiger partial charge on any atom is -0.464 e. The predicted molar refractivity (Wildman–Crippen MR) is 59.2 cm³/mol. The highest BCUT2D eigenvalue weighted by Crippen LogP contribution is 2.09. The van der Waals surface area contributed by atoms with Crippen LogP contribution in [0.3, 0.4) is 0 Å². The fourth-order valence-corrected chi connectivity index (χ4v) is 0.959. The highest BCUT2D eigenvalue weighted by molar-refractivity contribution is 5.34. The van der Waals surface area contributed by atoms with Gasteiger partial charge in [-0.05, 0) is 6.92 Å². The quantitative estimate of drug-likeness (QED) is 0.329. The molecule has 1 heterocycles. The van der Waals surface area contributed by atoms with Gasteiger partial charge in [0.15, 0.2) is 0 Å². The molecule has 0 aliphatic rings. The van der Waals surface area contributed by atoms with Crippen LogP contribution in [0.2, 0.25) is 0 Å². The van der Waals surface area contributed by atoms with E-state index in [1.54, 1.807) is 7.11 Å². The first-order valence-corrected chi connectivity index (χ1v) is 4.88. The Kier molecular flexibility index (Phi) is 5.23. The topological polar surface area (TPSA) is 107 Å². The van der Waals surface area contributed by atoms with Gasteiger partial charge in [-0.2, -0.15) is 15.0 Å². The number of anilines is 2. The van der Waals surface area contributed by atoms with Crippen molar-refractivity contribution in [1.82, 2.24) is 15.0 Å². The Labute approximate surface area is 93.6 Å². The fraction of sp³-hybridized carbons (Fsp3) is 0.625. The second-order valence-electron chi connectivity index (χ2n) is 2.76. The van der Waals surface area contributed by atoms with Crippen LogP contribution in [0, 0.1) is 0 Å². The molecule has 0 atom stereocenters. The Morgan fingerprint density at radius 3 is 2.62 bits per heavy atom. The largest absolute Gasteiger partial charge is 0.464 e. The van der Waals surface area contributed by atoms with Gasteiger partial charge in [-0.15, -0.1) is 0 Å². The zero-order chi connectivity index (χ0) is 11.8. The van der Waals surface area contributed by atoms with Gasteiger partial charge >= 0.3 is 6.01 Å². The Morgan fingerprint density at radius 1 is 1.25 bits per heavy atom. The van der Waals surface area contributed by atoms with Gasteiger partial charge in [0, 0.05) is 13.7 Å². The summed E-state index contributed by atoms with van der Waals surface area (Å²) >= 11 is 0. The number of aromatic nitrogens is 3. The molecule has 0 saturated heterocycles. The van der Waals surface area contributed by atoms with E-state index >= 15 is 0 Å². The average molecular weight is 228 g/mol. The summed E-state index contributed by atoms with van der Waals surface area (Å²) in [6, 6.07) is 0.227. The molecular formula is C8H16N6O2. The Bertz CT molecular complexity index is 321. The molecule has 90 valence electrons. The van der Waals surface area contributed by atoms with Gasteiger partial charge in [0.1, 0.15) is 0 Å². The maximum absolute atomic E-state index is 5.23. The second-order valence-corrected chi connectivity index (χ2v) is 2.76. The van der Waals surface area contributed by atoms with E-state index < -0.39 is 0 Å². The lowest BCUT2D eigenvalue weighted by Gasteiger charge is -2.07. The third-order valence-corrected chi connectivity index (χ3v) is 1.61. The number of nitrogen functional groups attached to an aromatic ring is 1. The molecule has 1 aromatic heterocycles. The molecule has 0 saturated carbocycles. The van der Waals surface area contributed by atoms with Gasteiger partial charge < -0.3 is 14.8 Å². The molecule has 0 aliphatic heterocycles. The number of nitrogens with one attached hydrogen (secondary N) is 2. The standard InChI is InChI=1S/C8H16N6O2/c1-3-16-8-12-6(10-4-5-15-2)11-7(13-8)14-9/h3-5,9H2,1-2H3,(H2,10,11,12,13,14). The lowest BCUT2D eigenvalue weighted by molar-refractivity contribution is 0.210. The summed E-state index contributed by atoms with van der Waals surface area (Å²) in [5.74, 6) is 5.87. The summed E-state index contributed by atoms with van der Waals surface area (Å²) in [7, 11) is 1.62. The van der Waals surface area contributed by atoms with Crippen LogP contribution in [0.25, 0.3) is 0 Å². The SMILES string of the molecule is CCOc1nc(NN)nc(NCCOC)n1. The second kappa shape index (κ2) is 6.75. The lowest BCUT2D eigenvalue weighted by Crippen LogP contribution is -2.16. The van der Waals surface area contributed by atoms with Crippen molar-refractivity contribution in [2.45, 2.75) is 6.92 Å².